The van der Waals surface area contributed by atoms with Crippen LogP contribution >= 0.6 is 15.9 Å². The molecule has 0 heterocycles. The summed E-state index contributed by atoms with van der Waals surface area (Å²) in [6.07, 6.45) is 3.40. The molecule has 0 spiro atoms. The van der Waals surface area contributed by atoms with Crippen molar-refractivity contribution >= 4 is 22.0 Å². The van der Waals surface area contributed by atoms with E-state index in [1.807, 2.05) is 0 Å². The van der Waals surface area contributed by atoms with E-state index in [2.05, 4.69) is 77.5 Å². The van der Waals surface area contributed by atoms with Gasteiger partial charge in [-0.3, -0.25) is 0 Å². The number of fused-ring (bicyclic) bond motifs is 1. The molecule has 18 heavy (non-hydrogen) atoms. The molecule has 0 saturated heterocycles. The zero-order valence-electron chi connectivity index (χ0n) is 10.4. The van der Waals surface area contributed by atoms with Crippen molar-refractivity contribution in [3.8, 4) is 11.1 Å². The molecule has 0 bridgehead atoms. The number of halogens is 1. The minimum Gasteiger partial charge on any atom is -0.0845 e. The maximum Gasteiger partial charge on any atom is 0.0332 e. The molecule has 0 fully saturated rings. The molecule has 0 radical (unpaired) electrons. The van der Waals surface area contributed by atoms with Crippen LogP contribution in [0.3, 0.4) is 0 Å². The predicted octanol–water partition coefficient (Wildman–Crippen LogP) is 5.08. The van der Waals surface area contributed by atoms with Crippen LogP contribution in [0.15, 0.2) is 54.1 Å². The topological polar surface area (TPSA) is 0 Å². The van der Waals surface area contributed by atoms with Crippen LogP contribution < -0.4 is 0 Å². The van der Waals surface area contributed by atoms with Crippen LogP contribution in [0.2, 0.25) is 0 Å². The van der Waals surface area contributed by atoms with Gasteiger partial charge in [0.15, 0.2) is 0 Å². The molecule has 3 rings (SSSR count). The van der Waals surface area contributed by atoms with Crippen LogP contribution in [0.5, 0.6) is 0 Å². The average molecular weight is 299 g/mol. The third-order valence-electron chi connectivity index (χ3n) is 3.50. The Morgan fingerprint density at radius 1 is 1.00 bits per heavy atom. The summed E-state index contributed by atoms with van der Waals surface area (Å²) in [5, 5.41) is 0. The molecule has 1 unspecified atom stereocenters. The van der Waals surface area contributed by atoms with Crippen molar-refractivity contribution in [3.05, 3.63) is 65.2 Å². The summed E-state index contributed by atoms with van der Waals surface area (Å²) in [6.45, 7) is 2.19. The van der Waals surface area contributed by atoms with Crippen LogP contribution in [0.1, 0.15) is 18.1 Å². The first-order valence-corrected chi connectivity index (χ1v) is 7.18. The highest BCUT2D eigenvalue weighted by molar-refractivity contribution is 9.09. The molecule has 1 aliphatic carbocycles. The molecule has 0 nitrogen and oxygen atoms in total. The van der Waals surface area contributed by atoms with Gasteiger partial charge in [-0.15, -0.1) is 0 Å². The van der Waals surface area contributed by atoms with Gasteiger partial charge < -0.3 is 0 Å². The molecule has 2 aromatic carbocycles. The van der Waals surface area contributed by atoms with Crippen molar-refractivity contribution in [2.45, 2.75) is 18.2 Å². The molecular weight excluding hydrogens is 284 g/mol. The van der Waals surface area contributed by atoms with E-state index in [0.717, 1.165) is 6.42 Å². The number of allylic oxidation sites excluding steroid dienone is 1. The zero-order chi connectivity index (χ0) is 12.5. The lowest BCUT2D eigenvalue weighted by atomic mass is 10.0. The lowest BCUT2D eigenvalue weighted by Crippen LogP contribution is -1.95. The number of alkyl halides is 1. The first-order chi connectivity index (χ1) is 8.74. The third-order valence-corrected chi connectivity index (χ3v) is 4.09. The van der Waals surface area contributed by atoms with E-state index in [1.165, 1.54) is 27.8 Å². The van der Waals surface area contributed by atoms with E-state index in [4.69, 9.17) is 0 Å². The van der Waals surface area contributed by atoms with E-state index < -0.39 is 0 Å². The van der Waals surface area contributed by atoms with Crippen LogP contribution in [0, 0.1) is 0 Å². The van der Waals surface area contributed by atoms with Crippen LogP contribution in [-0.2, 0) is 6.42 Å². The van der Waals surface area contributed by atoms with Crippen LogP contribution in [-0.4, -0.2) is 4.83 Å². The standard InChI is InChI=1S/C17H15Br/c1-12(18)16-9-15-8-7-14(10-17(15)11-16)13-5-3-2-4-6-13/h2-8,10-12H,9H2,1H3. The fraction of sp³-hybridized carbons (Fsp3) is 0.176. The molecule has 1 aliphatic rings. The number of benzene rings is 2. The molecule has 0 saturated carbocycles. The molecule has 1 atom stereocenters. The summed E-state index contributed by atoms with van der Waals surface area (Å²) in [7, 11) is 0. The average Bonchev–Trinajstić information content (AvgIpc) is 2.82. The lowest BCUT2D eigenvalue weighted by Gasteiger charge is -2.05. The Bertz CT molecular complexity index is 594. The van der Waals surface area contributed by atoms with Crippen LogP contribution in [0.4, 0.5) is 0 Å². The number of hydrogen-bond donors (Lipinski definition) is 0. The molecule has 0 aromatic heterocycles. The molecule has 0 aliphatic heterocycles. The summed E-state index contributed by atoms with van der Waals surface area (Å²) in [5.74, 6) is 0. The van der Waals surface area contributed by atoms with Gasteiger partial charge in [-0.1, -0.05) is 70.0 Å². The Hall–Kier alpha value is -1.34. The first kappa shape index (κ1) is 11.7. The van der Waals surface area contributed by atoms with Crippen molar-refractivity contribution < 1.29 is 0 Å². The SMILES string of the molecule is CC(Br)C1=Cc2cc(-c3ccccc3)ccc2C1. The van der Waals surface area contributed by atoms with E-state index in [0.29, 0.717) is 4.83 Å². The molecule has 90 valence electrons. The summed E-state index contributed by atoms with van der Waals surface area (Å²) in [5.41, 5.74) is 6.87. The fourth-order valence-corrected chi connectivity index (χ4v) is 2.72. The monoisotopic (exact) mass is 298 g/mol. The second-order valence-electron chi connectivity index (χ2n) is 4.79. The molecule has 0 amide bonds. The largest absolute Gasteiger partial charge is 0.0845 e. The van der Waals surface area contributed by atoms with Crippen molar-refractivity contribution in [3.63, 3.8) is 0 Å². The van der Waals surface area contributed by atoms with Gasteiger partial charge in [-0.05, 0) is 41.7 Å². The minimum absolute atomic E-state index is 0.463. The molecule has 1 heteroatoms. The Balaban J connectivity index is 2.01. The van der Waals surface area contributed by atoms with Gasteiger partial charge in [0.1, 0.15) is 0 Å². The highest BCUT2D eigenvalue weighted by atomic mass is 79.9. The Kier molecular flexibility index (Phi) is 3.09. The van der Waals surface area contributed by atoms with Gasteiger partial charge >= 0.3 is 0 Å². The van der Waals surface area contributed by atoms with Gasteiger partial charge in [-0.2, -0.15) is 0 Å². The van der Waals surface area contributed by atoms with Gasteiger partial charge in [0.2, 0.25) is 0 Å². The van der Waals surface area contributed by atoms with Gasteiger partial charge in [0.05, 0.1) is 0 Å². The number of rotatable bonds is 2. The normalized spacial score (nSPS) is 15.1. The second-order valence-corrected chi connectivity index (χ2v) is 6.17. The lowest BCUT2D eigenvalue weighted by molar-refractivity contribution is 1.07. The van der Waals surface area contributed by atoms with E-state index in [-0.39, 0.29) is 0 Å². The van der Waals surface area contributed by atoms with Gasteiger partial charge in [0.25, 0.3) is 0 Å². The minimum atomic E-state index is 0.463. The summed E-state index contributed by atoms with van der Waals surface area (Å²) in [4.78, 5) is 0.463. The Morgan fingerprint density at radius 3 is 2.50 bits per heavy atom. The van der Waals surface area contributed by atoms with Crippen molar-refractivity contribution in [2.75, 3.05) is 0 Å². The van der Waals surface area contributed by atoms with Crippen LogP contribution in [0.25, 0.3) is 17.2 Å². The summed E-state index contributed by atoms with van der Waals surface area (Å²) in [6, 6.07) is 17.3. The smallest absolute Gasteiger partial charge is 0.0332 e. The fourth-order valence-electron chi connectivity index (χ4n) is 2.43. The van der Waals surface area contributed by atoms with E-state index >= 15 is 0 Å². The van der Waals surface area contributed by atoms with E-state index in [1.54, 1.807) is 0 Å². The van der Waals surface area contributed by atoms with Gasteiger partial charge in [0, 0.05) is 4.83 Å². The van der Waals surface area contributed by atoms with E-state index in [9.17, 15) is 0 Å². The quantitative estimate of drug-likeness (QED) is 0.679. The Morgan fingerprint density at radius 2 is 1.78 bits per heavy atom. The predicted molar refractivity (Wildman–Crippen MR) is 81.9 cm³/mol. The maximum absolute atomic E-state index is 3.66. The van der Waals surface area contributed by atoms with Crippen molar-refractivity contribution in [1.29, 1.82) is 0 Å². The highest BCUT2D eigenvalue weighted by Gasteiger charge is 2.16. The summed E-state index contributed by atoms with van der Waals surface area (Å²) >= 11 is 3.66. The number of hydrogen-bond acceptors (Lipinski definition) is 0. The maximum atomic E-state index is 3.66. The molecular formula is C17H15Br. The third kappa shape index (κ3) is 2.15. The van der Waals surface area contributed by atoms with Crippen molar-refractivity contribution in [2.24, 2.45) is 0 Å². The second kappa shape index (κ2) is 4.74. The zero-order valence-corrected chi connectivity index (χ0v) is 11.9. The van der Waals surface area contributed by atoms with Crippen molar-refractivity contribution in [1.82, 2.24) is 0 Å². The highest BCUT2D eigenvalue weighted by Crippen LogP contribution is 2.32. The Labute approximate surface area is 116 Å². The summed E-state index contributed by atoms with van der Waals surface area (Å²) < 4.78 is 0. The molecule has 2 aromatic rings. The first-order valence-electron chi connectivity index (χ1n) is 6.27. The molecule has 0 N–H and O–H groups in total. The van der Waals surface area contributed by atoms with Gasteiger partial charge in [-0.25, -0.2) is 0 Å².